The second kappa shape index (κ2) is 16.6. The molecule has 0 bridgehead atoms. The van der Waals surface area contributed by atoms with Crippen LogP contribution in [0.15, 0.2) is 48.5 Å². The van der Waals surface area contributed by atoms with Gasteiger partial charge in [-0.1, -0.05) is 89.0 Å². The highest BCUT2D eigenvalue weighted by atomic mass is 19.4. The number of carboxylic acid groups (broad SMARTS) is 1. The quantitative estimate of drug-likeness (QED) is 0.167. The minimum absolute atomic E-state index is 0.0566. The van der Waals surface area contributed by atoms with Crippen LogP contribution in [0.5, 0.6) is 0 Å². The van der Waals surface area contributed by atoms with Gasteiger partial charge in [-0.15, -0.1) is 0 Å². The van der Waals surface area contributed by atoms with Crippen molar-refractivity contribution in [3.8, 4) is 0 Å². The third-order valence-electron chi connectivity index (χ3n) is 6.49. The number of carbonyl (C=O) groups excluding carboxylic acids is 2. The third kappa shape index (κ3) is 12.4. The molecule has 2 aromatic rings. The molecule has 0 radical (unpaired) electrons. The number of hydrogen-bond donors (Lipinski definition) is 2. The smallest absolute Gasteiger partial charge is 0.416 e. The van der Waals surface area contributed by atoms with E-state index in [1.54, 1.807) is 24.3 Å². The monoisotopic (exact) mass is 548 g/mol. The van der Waals surface area contributed by atoms with E-state index in [0.717, 1.165) is 36.3 Å². The van der Waals surface area contributed by atoms with Crippen molar-refractivity contribution in [1.82, 2.24) is 4.90 Å². The number of nitrogens with zero attached hydrogens (tertiary/aromatic N) is 1. The maximum absolute atomic E-state index is 12.8. The molecule has 2 amide bonds. The molecule has 0 saturated carbocycles. The summed E-state index contributed by atoms with van der Waals surface area (Å²) >= 11 is 0. The first-order valence-corrected chi connectivity index (χ1v) is 13.7. The fourth-order valence-electron chi connectivity index (χ4n) is 4.26. The Hall–Kier alpha value is -3.36. The van der Waals surface area contributed by atoms with Gasteiger partial charge in [0.25, 0.3) is 0 Å². The highest BCUT2D eigenvalue weighted by Crippen LogP contribution is 2.29. The van der Waals surface area contributed by atoms with Crippen LogP contribution < -0.4 is 5.32 Å². The molecule has 0 unspecified atom stereocenters. The van der Waals surface area contributed by atoms with Crippen LogP contribution in [-0.2, 0) is 33.6 Å². The number of rotatable bonds is 16. The van der Waals surface area contributed by atoms with E-state index < -0.39 is 23.6 Å². The van der Waals surface area contributed by atoms with Gasteiger partial charge in [-0.2, -0.15) is 13.2 Å². The van der Waals surface area contributed by atoms with E-state index in [2.05, 4.69) is 12.2 Å². The van der Waals surface area contributed by atoms with E-state index in [1.165, 1.54) is 57.1 Å². The molecule has 0 atom stereocenters. The zero-order chi connectivity index (χ0) is 28.7. The summed E-state index contributed by atoms with van der Waals surface area (Å²) in [7, 11) is 0. The maximum atomic E-state index is 12.8. The van der Waals surface area contributed by atoms with E-state index in [4.69, 9.17) is 0 Å². The predicted molar refractivity (Wildman–Crippen MR) is 145 cm³/mol. The van der Waals surface area contributed by atoms with E-state index in [9.17, 15) is 32.7 Å². The largest absolute Gasteiger partial charge is 0.474 e. The summed E-state index contributed by atoms with van der Waals surface area (Å²) in [6.45, 7) is 1.99. The van der Waals surface area contributed by atoms with E-state index >= 15 is 0 Å². The second-order valence-electron chi connectivity index (χ2n) is 9.84. The molecule has 2 rings (SSSR count). The molecule has 0 aromatic heterocycles. The number of halogens is 3. The van der Waals surface area contributed by atoms with Gasteiger partial charge >= 0.3 is 18.1 Å². The number of amides is 2. The van der Waals surface area contributed by atoms with Crippen LogP contribution in [0.1, 0.15) is 94.2 Å². The Morgan fingerprint density at radius 3 is 1.67 bits per heavy atom. The van der Waals surface area contributed by atoms with Crippen LogP contribution >= 0.6 is 0 Å². The highest BCUT2D eigenvalue weighted by molar-refractivity contribution is 6.31. The Labute approximate surface area is 228 Å². The number of aliphatic carboxylic acids is 1. The molecule has 0 aliphatic rings. The van der Waals surface area contributed by atoms with E-state index in [-0.39, 0.29) is 19.0 Å². The van der Waals surface area contributed by atoms with Crippen LogP contribution in [0.25, 0.3) is 0 Å². The Morgan fingerprint density at radius 1 is 0.744 bits per heavy atom. The molecule has 0 fully saturated rings. The Kier molecular flexibility index (Phi) is 13.5. The maximum Gasteiger partial charge on any atom is 0.416 e. The molecule has 0 aliphatic carbocycles. The van der Waals surface area contributed by atoms with Crippen molar-refractivity contribution < 1.29 is 32.7 Å². The first-order chi connectivity index (χ1) is 18.6. The molecule has 214 valence electrons. The Bertz CT molecular complexity index is 1040. The molecule has 0 aliphatic heterocycles. The fourth-order valence-corrected chi connectivity index (χ4v) is 4.26. The van der Waals surface area contributed by atoms with Crippen LogP contribution in [0, 0.1) is 0 Å². The predicted octanol–water partition coefficient (Wildman–Crippen LogP) is 7.57. The summed E-state index contributed by atoms with van der Waals surface area (Å²) in [6.07, 6.45) is 7.87. The van der Waals surface area contributed by atoms with Gasteiger partial charge in [0, 0.05) is 25.2 Å². The minimum Gasteiger partial charge on any atom is -0.474 e. The van der Waals surface area contributed by atoms with Gasteiger partial charge in [-0.25, -0.2) is 4.79 Å². The lowest BCUT2D eigenvalue weighted by molar-refractivity contribution is -0.156. The van der Waals surface area contributed by atoms with Gasteiger partial charge < -0.3 is 15.3 Å². The first kappa shape index (κ1) is 31.9. The Morgan fingerprint density at radius 2 is 1.21 bits per heavy atom. The number of carbonyl (C=O) groups is 3. The summed E-state index contributed by atoms with van der Waals surface area (Å²) < 4.78 is 38.4. The van der Waals surface area contributed by atoms with Crippen molar-refractivity contribution in [2.75, 3.05) is 5.32 Å². The van der Waals surface area contributed by atoms with Gasteiger partial charge in [-0.3, -0.25) is 9.59 Å². The van der Waals surface area contributed by atoms with Crippen molar-refractivity contribution in [2.24, 2.45) is 0 Å². The molecule has 9 heteroatoms. The van der Waals surface area contributed by atoms with Crippen molar-refractivity contribution >= 4 is 23.5 Å². The highest BCUT2D eigenvalue weighted by Gasteiger charge is 2.30. The minimum atomic E-state index is -4.49. The SMILES string of the molecule is CCCCCCCCCCCCC(=O)Nc1ccc(CN(Cc2ccc(C(F)(F)F)cc2)C(=O)C(=O)O)cc1. The van der Waals surface area contributed by atoms with E-state index in [1.807, 2.05) is 0 Å². The van der Waals surface area contributed by atoms with Crippen molar-refractivity contribution in [1.29, 1.82) is 0 Å². The first-order valence-electron chi connectivity index (χ1n) is 13.7. The summed E-state index contributed by atoms with van der Waals surface area (Å²) in [5, 5.41) is 12.0. The molecular weight excluding hydrogens is 509 g/mol. The molecule has 0 saturated heterocycles. The number of carboxylic acids is 1. The lowest BCUT2D eigenvalue weighted by Crippen LogP contribution is -2.35. The molecule has 2 aromatic carbocycles. The normalized spacial score (nSPS) is 11.3. The number of anilines is 1. The van der Waals surface area contributed by atoms with Crippen LogP contribution in [-0.4, -0.2) is 27.8 Å². The average molecular weight is 549 g/mol. The standard InChI is InChI=1S/C30H39F3N2O4/c1-2-3-4-5-6-7-8-9-10-11-12-27(36)34-26-19-15-24(16-20-26)22-35(28(37)29(38)39)21-23-13-17-25(18-14-23)30(31,32)33/h13-20H,2-12,21-22H2,1H3,(H,34,36)(H,38,39). The summed E-state index contributed by atoms with van der Waals surface area (Å²) in [5.74, 6) is -2.89. The molecule has 6 nitrogen and oxygen atoms in total. The van der Waals surface area contributed by atoms with Crippen LogP contribution in [0.4, 0.5) is 18.9 Å². The van der Waals surface area contributed by atoms with Gasteiger partial charge in [0.05, 0.1) is 5.56 Å². The molecule has 0 spiro atoms. The molecule has 39 heavy (non-hydrogen) atoms. The van der Waals surface area contributed by atoms with Gasteiger partial charge in [-0.05, 0) is 41.8 Å². The fraction of sp³-hybridized carbons (Fsp3) is 0.500. The van der Waals surface area contributed by atoms with Gasteiger partial charge in [0.2, 0.25) is 5.91 Å². The zero-order valence-electron chi connectivity index (χ0n) is 22.6. The third-order valence-corrected chi connectivity index (χ3v) is 6.49. The lowest BCUT2D eigenvalue weighted by Gasteiger charge is -2.21. The summed E-state index contributed by atoms with van der Waals surface area (Å²) in [6, 6.07) is 10.9. The number of hydrogen-bond acceptors (Lipinski definition) is 3. The van der Waals surface area contributed by atoms with Crippen molar-refractivity contribution in [3.05, 3.63) is 65.2 Å². The summed E-state index contributed by atoms with van der Waals surface area (Å²) in [4.78, 5) is 36.8. The number of nitrogens with one attached hydrogen (secondary N) is 1. The van der Waals surface area contributed by atoms with Crippen molar-refractivity contribution in [3.63, 3.8) is 0 Å². The lowest BCUT2D eigenvalue weighted by atomic mass is 10.1. The zero-order valence-corrected chi connectivity index (χ0v) is 22.6. The molecule has 0 heterocycles. The average Bonchev–Trinajstić information content (AvgIpc) is 2.89. The number of unbranched alkanes of at least 4 members (excludes halogenated alkanes) is 9. The van der Waals surface area contributed by atoms with E-state index in [0.29, 0.717) is 23.2 Å². The van der Waals surface area contributed by atoms with Crippen LogP contribution in [0.2, 0.25) is 0 Å². The second-order valence-corrected chi connectivity index (χ2v) is 9.84. The van der Waals surface area contributed by atoms with Crippen molar-refractivity contribution in [2.45, 2.75) is 96.8 Å². The topological polar surface area (TPSA) is 86.7 Å². The number of benzene rings is 2. The molecule has 2 N–H and O–H groups in total. The van der Waals surface area contributed by atoms with Gasteiger partial charge in [0.15, 0.2) is 0 Å². The Balaban J connectivity index is 1.80. The van der Waals surface area contributed by atoms with Crippen LogP contribution in [0.3, 0.4) is 0 Å². The summed E-state index contributed by atoms with van der Waals surface area (Å²) in [5.41, 5.74) is 0.750. The molecular formula is C30H39F3N2O4. The van der Waals surface area contributed by atoms with Gasteiger partial charge in [0.1, 0.15) is 0 Å². The number of alkyl halides is 3.